The van der Waals surface area contributed by atoms with Gasteiger partial charge in [0.15, 0.2) is 5.17 Å². The van der Waals surface area contributed by atoms with Gasteiger partial charge in [-0.3, -0.25) is 14.5 Å². The quantitative estimate of drug-likeness (QED) is 0.195. The normalized spacial score (nSPS) is 16.8. The smallest absolute Gasteiger partial charge is 0.302 e. The van der Waals surface area contributed by atoms with Crippen LogP contribution in [-0.4, -0.2) is 54.8 Å². The Morgan fingerprint density at radius 3 is 2.66 bits per heavy atom. The summed E-state index contributed by atoms with van der Waals surface area (Å²) < 4.78 is 6.81. The molecule has 2 aromatic heterocycles. The van der Waals surface area contributed by atoms with E-state index in [1.807, 2.05) is 37.3 Å². The van der Waals surface area contributed by atoms with Crippen LogP contribution >= 0.6 is 23.1 Å². The first-order valence-electron chi connectivity index (χ1n) is 11.9. The van der Waals surface area contributed by atoms with Gasteiger partial charge in [0, 0.05) is 18.9 Å². The van der Waals surface area contributed by atoms with Crippen LogP contribution in [0.5, 0.6) is 5.75 Å². The third-order valence-electron chi connectivity index (χ3n) is 5.68. The number of aromatic nitrogens is 3. The highest BCUT2D eigenvalue weighted by Crippen LogP contribution is 2.34. The third-order valence-corrected chi connectivity index (χ3v) is 7.93. The van der Waals surface area contributed by atoms with E-state index in [4.69, 9.17) is 9.72 Å². The van der Waals surface area contributed by atoms with E-state index in [0.717, 1.165) is 27.6 Å². The van der Waals surface area contributed by atoms with E-state index in [2.05, 4.69) is 15.3 Å². The maximum Gasteiger partial charge on any atom is 0.302 e. The van der Waals surface area contributed by atoms with E-state index in [1.54, 1.807) is 22.9 Å². The van der Waals surface area contributed by atoms with Gasteiger partial charge in [0.05, 0.1) is 23.8 Å². The number of nitrogens with zero attached hydrogens (tertiary/aromatic N) is 6. The molecule has 2 aromatic carbocycles. The van der Waals surface area contributed by atoms with Crippen LogP contribution in [0.1, 0.15) is 31.0 Å². The number of aryl methyl sites for hydroxylation is 1. The molecule has 0 spiro atoms. The van der Waals surface area contributed by atoms with Gasteiger partial charge < -0.3 is 9.84 Å². The van der Waals surface area contributed by atoms with Gasteiger partial charge in [0.1, 0.15) is 22.1 Å². The molecule has 38 heavy (non-hydrogen) atoms. The fourth-order valence-electron chi connectivity index (χ4n) is 3.87. The van der Waals surface area contributed by atoms with Gasteiger partial charge in [-0.05, 0) is 30.7 Å². The molecule has 1 atom stereocenters. The number of anilines is 1. The van der Waals surface area contributed by atoms with Crippen LogP contribution in [-0.2, 0) is 20.7 Å². The number of benzene rings is 2. The van der Waals surface area contributed by atoms with Gasteiger partial charge in [-0.2, -0.15) is 10.2 Å². The molecule has 1 aliphatic heterocycles. The summed E-state index contributed by atoms with van der Waals surface area (Å²) >= 11 is 2.77. The Kier molecular flexibility index (Phi) is 7.52. The number of rotatable bonds is 8. The molecule has 1 fully saturated rings. The van der Waals surface area contributed by atoms with Gasteiger partial charge >= 0.3 is 5.97 Å². The average Bonchev–Trinajstić information content (AvgIpc) is 3.57. The highest BCUT2D eigenvalue weighted by molar-refractivity contribution is 8.16. The number of thioether (sulfide) groups is 1. The molecule has 3 heterocycles. The molecular weight excluding hydrogens is 524 g/mol. The summed E-state index contributed by atoms with van der Waals surface area (Å²) in [5.74, 6) is -0.515. The number of phenolic OH excluding ortho intramolecular Hbond substituents is 1. The second-order valence-corrected chi connectivity index (χ2v) is 10.5. The average molecular weight is 549 g/mol. The first kappa shape index (κ1) is 25.6. The molecule has 0 radical (unpaired) electrons. The van der Waals surface area contributed by atoms with Crippen LogP contribution in [0.2, 0.25) is 0 Å². The topological polar surface area (TPSA) is 122 Å². The zero-order valence-corrected chi connectivity index (χ0v) is 22.3. The Labute approximate surface area is 226 Å². The van der Waals surface area contributed by atoms with Crippen LogP contribution in [0.3, 0.4) is 0 Å². The molecule has 194 valence electrons. The summed E-state index contributed by atoms with van der Waals surface area (Å²) in [6.45, 7) is 3.49. The molecular formula is C26H24N6O4S2. The third kappa shape index (κ3) is 5.31. The summed E-state index contributed by atoms with van der Waals surface area (Å²) in [7, 11) is 0. The fourth-order valence-corrected chi connectivity index (χ4v) is 5.78. The maximum atomic E-state index is 13.3. The fraction of sp³-hybridized carbons (Fsp3) is 0.231. The summed E-state index contributed by atoms with van der Waals surface area (Å²) in [5, 5.41) is 24.0. The number of phenols is 1. The number of amides is 1. The van der Waals surface area contributed by atoms with E-state index in [9.17, 15) is 14.7 Å². The Hall–Kier alpha value is -4.03. The van der Waals surface area contributed by atoms with Crippen molar-refractivity contribution in [3.8, 4) is 17.0 Å². The Bertz CT molecular complexity index is 1530. The van der Waals surface area contributed by atoms with Crippen molar-refractivity contribution >= 4 is 57.0 Å². The van der Waals surface area contributed by atoms with Crippen molar-refractivity contribution in [2.24, 2.45) is 10.2 Å². The number of esters is 1. The number of carbonyl (C=O) groups is 2. The molecule has 5 rings (SSSR count). The summed E-state index contributed by atoms with van der Waals surface area (Å²) in [4.78, 5) is 31.5. The first-order valence-corrected chi connectivity index (χ1v) is 13.6. The molecule has 0 saturated carbocycles. The Balaban J connectivity index is 1.49. The van der Waals surface area contributed by atoms with E-state index >= 15 is 0 Å². The van der Waals surface area contributed by atoms with Crippen LogP contribution in [0, 0.1) is 0 Å². The molecule has 0 bridgehead atoms. The lowest BCUT2D eigenvalue weighted by Crippen LogP contribution is -2.32. The van der Waals surface area contributed by atoms with Gasteiger partial charge in [-0.1, -0.05) is 60.4 Å². The highest BCUT2D eigenvalue weighted by atomic mass is 32.2. The first-order chi connectivity index (χ1) is 18.4. The monoisotopic (exact) mass is 548 g/mol. The molecule has 1 saturated heterocycles. The lowest BCUT2D eigenvalue weighted by atomic mass is 10.1. The van der Waals surface area contributed by atoms with Crippen molar-refractivity contribution in [1.82, 2.24) is 14.6 Å². The molecule has 4 aromatic rings. The summed E-state index contributed by atoms with van der Waals surface area (Å²) in [6, 6.07) is 16.1. The zero-order valence-electron chi connectivity index (χ0n) is 20.6. The minimum atomic E-state index is -0.496. The molecule has 1 N–H and O–H groups in total. The Morgan fingerprint density at radius 1 is 1.18 bits per heavy atom. The van der Waals surface area contributed by atoms with Crippen molar-refractivity contribution in [3.05, 3.63) is 65.3 Å². The van der Waals surface area contributed by atoms with Crippen molar-refractivity contribution in [3.63, 3.8) is 0 Å². The number of carbonyl (C=O) groups excluding carboxylic acids is 2. The van der Waals surface area contributed by atoms with Crippen LogP contribution < -0.4 is 4.90 Å². The van der Waals surface area contributed by atoms with Gasteiger partial charge in [0.25, 0.3) is 0 Å². The van der Waals surface area contributed by atoms with Crippen LogP contribution in [0.4, 0.5) is 5.69 Å². The lowest BCUT2D eigenvalue weighted by Gasteiger charge is -2.15. The molecule has 10 nitrogen and oxygen atoms in total. The predicted molar refractivity (Wildman–Crippen MR) is 149 cm³/mol. The number of amidine groups is 1. The van der Waals surface area contributed by atoms with Crippen LogP contribution in [0.15, 0.2) is 64.8 Å². The molecule has 1 amide bonds. The van der Waals surface area contributed by atoms with Crippen molar-refractivity contribution < 1.29 is 19.4 Å². The van der Waals surface area contributed by atoms with E-state index in [1.165, 1.54) is 47.1 Å². The number of hydrogen-bond acceptors (Lipinski definition) is 10. The van der Waals surface area contributed by atoms with Gasteiger partial charge in [0.2, 0.25) is 10.9 Å². The van der Waals surface area contributed by atoms with E-state index in [0.29, 0.717) is 23.0 Å². The second kappa shape index (κ2) is 11.2. The van der Waals surface area contributed by atoms with Crippen molar-refractivity contribution in [2.45, 2.75) is 31.9 Å². The Morgan fingerprint density at radius 2 is 1.95 bits per heavy atom. The molecule has 0 aliphatic carbocycles. The van der Waals surface area contributed by atoms with Crippen molar-refractivity contribution in [2.75, 3.05) is 11.5 Å². The molecule has 12 heteroatoms. The largest absolute Gasteiger partial charge is 0.508 e. The SMILES string of the molecule is CCc1nn2c(/C=N/N=C3\SC(CCOC(C)=O)C(=O)N3c3ccc(O)cc3)c(-c3ccccc3)nc2s1. The lowest BCUT2D eigenvalue weighted by molar-refractivity contribution is -0.141. The predicted octanol–water partition coefficient (Wildman–Crippen LogP) is 4.52. The molecule has 1 aliphatic rings. The summed E-state index contributed by atoms with van der Waals surface area (Å²) in [6.07, 6.45) is 2.73. The highest BCUT2D eigenvalue weighted by Gasteiger charge is 2.39. The number of fused-ring (bicyclic) bond motifs is 1. The van der Waals surface area contributed by atoms with Crippen molar-refractivity contribution in [1.29, 1.82) is 0 Å². The number of aromatic hydroxyl groups is 1. The number of imidazole rings is 1. The number of hydrogen-bond donors (Lipinski definition) is 1. The van der Waals surface area contributed by atoms with Crippen LogP contribution in [0.25, 0.3) is 16.2 Å². The second-order valence-electron chi connectivity index (χ2n) is 8.31. The number of ether oxygens (including phenoxy) is 1. The summed E-state index contributed by atoms with van der Waals surface area (Å²) in [5.41, 5.74) is 2.90. The van der Waals surface area contributed by atoms with E-state index < -0.39 is 11.2 Å². The minimum absolute atomic E-state index is 0.0869. The van der Waals surface area contributed by atoms with Gasteiger partial charge in [-0.15, -0.1) is 5.10 Å². The van der Waals surface area contributed by atoms with E-state index in [-0.39, 0.29) is 18.3 Å². The standard InChI is InChI=1S/C26H24N6O4S2/c1-3-22-30-32-20(23(28-25(32)38-22)17-7-5-4-6-8-17)15-27-29-26-31(18-9-11-19(34)12-10-18)24(35)21(37-26)13-14-36-16(2)33/h4-12,15,21,34H,3,13-14H2,1-2H3/b27-15+,29-26-. The minimum Gasteiger partial charge on any atom is -0.508 e. The van der Waals surface area contributed by atoms with Gasteiger partial charge in [-0.25, -0.2) is 9.50 Å². The molecule has 1 unspecified atom stereocenters. The maximum absolute atomic E-state index is 13.3. The zero-order chi connectivity index (χ0) is 26.6.